The third-order valence-corrected chi connectivity index (χ3v) is 2.65. The van der Waals surface area contributed by atoms with Crippen molar-refractivity contribution in [3.63, 3.8) is 0 Å². The van der Waals surface area contributed by atoms with Crippen molar-refractivity contribution in [1.82, 2.24) is 15.2 Å². The van der Waals surface area contributed by atoms with E-state index in [0.717, 1.165) is 10.7 Å². The van der Waals surface area contributed by atoms with Crippen LogP contribution < -0.4 is 21.6 Å². The van der Waals surface area contributed by atoms with Gasteiger partial charge in [0.1, 0.15) is 5.75 Å². The summed E-state index contributed by atoms with van der Waals surface area (Å²) in [6, 6.07) is 7.46. The molecule has 1 amide bonds. The number of nitrogens with zero attached hydrogens (tertiary/aromatic N) is 2. The van der Waals surface area contributed by atoms with Crippen molar-refractivity contribution >= 4 is 5.91 Å². The molecule has 1 aromatic carbocycles. The van der Waals surface area contributed by atoms with Crippen LogP contribution in [0.5, 0.6) is 11.5 Å². The van der Waals surface area contributed by atoms with Gasteiger partial charge in [0.15, 0.2) is 11.4 Å². The number of carbonyl (C=O) groups excluding carboxylic acids is 1. The molecule has 21 heavy (non-hydrogen) atoms. The second kappa shape index (κ2) is 6.06. The molecule has 1 aromatic heterocycles. The summed E-state index contributed by atoms with van der Waals surface area (Å²) >= 11 is 0. The molecule has 0 fully saturated rings. The summed E-state index contributed by atoms with van der Waals surface area (Å²) in [6.45, 7) is 2.38. The number of benzene rings is 1. The number of rotatable bonds is 4. The number of ether oxygens (including phenoxy) is 1. The first kappa shape index (κ1) is 14.5. The van der Waals surface area contributed by atoms with Gasteiger partial charge in [-0.2, -0.15) is 9.78 Å². The molecule has 2 rings (SSSR count). The highest BCUT2D eigenvalue weighted by Gasteiger charge is 2.15. The van der Waals surface area contributed by atoms with Gasteiger partial charge in [-0.05, 0) is 31.2 Å². The van der Waals surface area contributed by atoms with Gasteiger partial charge in [-0.3, -0.25) is 15.0 Å². The minimum Gasteiger partial charge on any atom is -0.505 e. The molecule has 110 valence electrons. The molecular formula is C13H14N4O4. The normalized spacial score (nSPS) is 10.2. The molecule has 2 aromatic rings. The van der Waals surface area contributed by atoms with Crippen molar-refractivity contribution in [1.29, 1.82) is 0 Å². The first-order valence-electron chi connectivity index (χ1n) is 6.14. The van der Waals surface area contributed by atoms with Crippen molar-refractivity contribution in [2.75, 3.05) is 6.61 Å². The van der Waals surface area contributed by atoms with Crippen LogP contribution in [0, 0.1) is 0 Å². The predicted molar refractivity (Wildman–Crippen MR) is 74.3 cm³/mol. The summed E-state index contributed by atoms with van der Waals surface area (Å²) in [5.41, 5.74) is 1.35. The smallest absolute Gasteiger partial charge is 0.289 e. The van der Waals surface area contributed by atoms with Crippen LogP contribution in [0.3, 0.4) is 0 Å². The van der Waals surface area contributed by atoms with Crippen molar-refractivity contribution in [3.8, 4) is 17.2 Å². The van der Waals surface area contributed by atoms with Gasteiger partial charge >= 0.3 is 0 Å². The molecule has 0 unspecified atom stereocenters. The summed E-state index contributed by atoms with van der Waals surface area (Å²) in [7, 11) is 0. The lowest BCUT2D eigenvalue weighted by molar-refractivity contribution is 0.0943. The average molecular weight is 290 g/mol. The number of hydrogen-bond acceptors (Lipinski definition) is 6. The molecule has 1 heterocycles. The number of carbonyl (C=O) groups is 1. The minimum atomic E-state index is -0.799. The van der Waals surface area contributed by atoms with Crippen molar-refractivity contribution in [3.05, 3.63) is 46.4 Å². The van der Waals surface area contributed by atoms with Gasteiger partial charge in [0, 0.05) is 6.07 Å². The van der Waals surface area contributed by atoms with Gasteiger partial charge in [0.05, 0.1) is 12.3 Å². The summed E-state index contributed by atoms with van der Waals surface area (Å²) < 4.78 is 6.28. The maximum Gasteiger partial charge on any atom is 0.289 e. The molecule has 0 atom stereocenters. The SMILES string of the molecule is CCOc1ccc(-n2nc(C(=O)NN)c(O)cc2=O)cc1. The Kier molecular flexibility index (Phi) is 4.19. The van der Waals surface area contributed by atoms with E-state index in [2.05, 4.69) is 5.10 Å². The number of nitrogen functional groups attached to an aromatic ring is 1. The van der Waals surface area contributed by atoms with E-state index in [-0.39, 0.29) is 5.69 Å². The number of amides is 1. The molecule has 4 N–H and O–H groups in total. The fourth-order valence-corrected chi connectivity index (χ4v) is 1.71. The maximum atomic E-state index is 11.9. The van der Waals surface area contributed by atoms with E-state index in [1.165, 1.54) is 0 Å². The van der Waals surface area contributed by atoms with E-state index < -0.39 is 17.2 Å². The third-order valence-electron chi connectivity index (χ3n) is 2.65. The third kappa shape index (κ3) is 3.00. The highest BCUT2D eigenvalue weighted by Crippen LogP contribution is 2.15. The van der Waals surface area contributed by atoms with E-state index in [9.17, 15) is 14.7 Å². The average Bonchev–Trinajstić information content (AvgIpc) is 2.48. The van der Waals surface area contributed by atoms with Crippen LogP contribution in [0.25, 0.3) is 5.69 Å². The summed E-state index contributed by atoms with van der Waals surface area (Å²) in [5, 5.41) is 13.4. The molecule has 0 saturated heterocycles. The Balaban J connectivity index is 2.48. The summed E-state index contributed by atoms with van der Waals surface area (Å²) in [4.78, 5) is 23.3. The largest absolute Gasteiger partial charge is 0.505 e. The lowest BCUT2D eigenvalue weighted by Gasteiger charge is -2.09. The van der Waals surface area contributed by atoms with Gasteiger partial charge in [-0.15, -0.1) is 0 Å². The fourth-order valence-electron chi connectivity index (χ4n) is 1.71. The molecule has 8 nitrogen and oxygen atoms in total. The molecule has 0 aliphatic heterocycles. The number of nitrogens with one attached hydrogen (secondary N) is 1. The zero-order valence-corrected chi connectivity index (χ0v) is 11.2. The van der Waals surface area contributed by atoms with Crippen LogP contribution >= 0.6 is 0 Å². The molecule has 0 saturated carbocycles. The van der Waals surface area contributed by atoms with Gasteiger partial charge < -0.3 is 9.84 Å². The summed E-state index contributed by atoms with van der Waals surface area (Å²) in [5.74, 6) is 4.31. The van der Waals surface area contributed by atoms with Crippen molar-refractivity contribution in [2.24, 2.45) is 5.84 Å². The van der Waals surface area contributed by atoms with Crippen LogP contribution in [-0.4, -0.2) is 27.4 Å². The Morgan fingerprint density at radius 2 is 2.10 bits per heavy atom. The second-order valence-corrected chi connectivity index (χ2v) is 4.03. The van der Waals surface area contributed by atoms with Crippen LogP contribution in [0.2, 0.25) is 0 Å². The summed E-state index contributed by atoms with van der Waals surface area (Å²) in [6.07, 6.45) is 0. The topological polar surface area (TPSA) is 119 Å². The zero-order valence-electron chi connectivity index (χ0n) is 11.2. The van der Waals surface area contributed by atoms with Crippen molar-refractivity contribution < 1.29 is 14.6 Å². The van der Waals surface area contributed by atoms with Crippen molar-refractivity contribution in [2.45, 2.75) is 6.92 Å². The Morgan fingerprint density at radius 3 is 2.67 bits per heavy atom. The number of nitrogens with two attached hydrogens (primary N) is 1. The predicted octanol–water partition coefficient (Wildman–Crippen LogP) is -0.0597. The Hall–Kier alpha value is -2.87. The standard InChI is InChI=1S/C13H14N4O4/c1-2-21-9-5-3-8(4-6-9)17-11(19)7-10(18)12(16-17)13(20)15-14/h3-7,18H,2,14H2,1H3,(H,15,20). The number of hydrogen-bond donors (Lipinski definition) is 3. The Labute approximate surface area is 119 Å². The quantitative estimate of drug-likeness (QED) is 0.412. The fraction of sp³-hybridized carbons (Fsp3) is 0.154. The lowest BCUT2D eigenvalue weighted by Crippen LogP contribution is -2.33. The molecule has 8 heteroatoms. The van der Waals surface area contributed by atoms with Crippen LogP contribution in [0.15, 0.2) is 35.1 Å². The van der Waals surface area contributed by atoms with E-state index >= 15 is 0 Å². The van der Waals surface area contributed by atoms with E-state index in [0.29, 0.717) is 18.0 Å². The van der Waals surface area contributed by atoms with Gasteiger partial charge in [-0.1, -0.05) is 0 Å². The highest BCUT2D eigenvalue weighted by molar-refractivity contribution is 5.94. The highest BCUT2D eigenvalue weighted by atomic mass is 16.5. The Bertz CT molecular complexity index is 709. The number of aromatic hydroxyl groups is 1. The van der Waals surface area contributed by atoms with Crippen LogP contribution in [0.4, 0.5) is 0 Å². The number of aromatic nitrogens is 2. The first-order valence-corrected chi connectivity index (χ1v) is 6.14. The van der Waals surface area contributed by atoms with Crippen LogP contribution in [0.1, 0.15) is 17.4 Å². The maximum absolute atomic E-state index is 11.9. The molecule has 0 bridgehead atoms. The molecule has 0 aliphatic carbocycles. The van der Waals surface area contributed by atoms with Gasteiger partial charge in [-0.25, -0.2) is 5.84 Å². The van der Waals surface area contributed by atoms with Gasteiger partial charge in [0.25, 0.3) is 11.5 Å². The Morgan fingerprint density at radius 1 is 1.43 bits per heavy atom. The monoisotopic (exact) mass is 290 g/mol. The van der Waals surface area contributed by atoms with Gasteiger partial charge in [0.2, 0.25) is 0 Å². The number of hydrazine groups is 1. The molecule has 0 aliphatic rings. The van der Waals surface area contributed by atoms with Crippen LogP contribution in [-0.2, 0) is 0 Å². The second-order valence-electron chi connectivity index (χ2n) is 4.03. The minimum absolute atomic E-state index is 0.342. The lowest BCUT2D eigenvalue weighted by atomic mass is 10.3. The first-order chi connectivity index (χ1) is 10.1. The molecule has 0 radical (unpaired) electrons. The van der Waals surface area contributed by atoms with E-state index in [4.69, 9.17) is 10.6 Å². The molecule has 0 spiro atoms. The van der Waals surface area contributed by atoms with E-state index in [1.807, 2.05) is 12.3 Å². The van der Waals surface area contributed by atoms with E-state index in [1.54, 1.807) is 24.3 Å². The molecular weight excluding hydrogens is 276 g/mol. The zero-order chi connectivity index (χ0) is 15.4.